The molecule has 1 amide bonds. The highest BCUT2D eigenvalue weighted by Gasteiger charge is 2.23. The molecule has 3 aromatic heterocycles. The number of carbonyl (C=O) groups excluding carboxylic acids is 1. The summed E-state index contributed by atoms with van der Waals surface area (Å²) < 4.78 is 18.5. The number of nitrogens with zero attached hydrogens (tertiary/aromatic N) is 5. The Kier molecular flexibility index (Phi) is 4.82. The summed E-state index contributed by atoms with van der Waals surface area (Å²) in [6.45, 7) is 2.48. The van der Waals surface area contributed by atoms with E-state index in [1.807, 2.05) is 16.7 Å². The van der Waals surface area contributed by atoms with Crippen LogP contribution < -0.4 is 20.5 Å². The summed E-state index contributed by atoms with van der Waals surface area (Å²) in [7, 11) is 0. The van der Waals surface area contributed by atoms with Crippen LogP contribution in [0.4, 0.5) is 5.82 Å². The van der Waals surface area contributed by atoms with Crippen molar-refractivity contribution in [1.29, 1.82) is 0 Å². The van der Waals surface area contributed by atoms with Gasteiger partial charge >= 0.3 is 0 Å². The fourth-order valence-electron chi connectivity index (χ4n) is 3.19. The molecule has 3 N–H and O–H groups in total. The molecule has 0 atom stereocenters. The van der Waals surface area contributed by atoms with Gasteiger partial charge in [-0.3, -0.25) is 4.79 Å². The normalized spacial score (nSPS) is 12.4. The van der Waals surface area contributed by atoms with Crippen molar-refractivity contribution in [3.8, 4) is 23.0 Å². The van der Waals surface area contributed by atoms with Crippen LogP contribution in [-0.4, -0.2) is 43.7 Å². The van der Waals surface area contributed by atoms with Crippen molar-refractivity contribution >= 4 is 34.7 Å². The zero-order valence-corrected chi connectivity index (χ0v) is 17.2. The first-order valence-corrected chi connectivity index (χ1v) is 10.1. The van der Waals surface area contributed by atoms with E-state index in [0.29, 0.717) is 46.8 Å². The van der Waals surface area contributed by atoms with Crippen LogP contribution >= 0.6 is 11.8 Å². The maximum atomic E-state index is 11.3. The first-order chi connectivity index (χ1) is 15.1. The number of carbonyl (C=O) groups is 1. The number of hydrogen-bond acceptors (Lipinski definition) is 10. The number of ether oxygens (including phenoxy) is 2. The van der Waals surface area contributed by atoms with Crippen molar-refractivity contribution in [2.45, 2.75) is 23.5 Å². The van der Waals surface area contributed by atoms with Gasteiger partial charge in [-0.25, -0.2) is 19.9 Å². The summed E-state index contributed by atoms with van der Waals surface area (Å²) >= 11 is 1.38. The van der Waals surface area contributed by atoms with Gasteiger partial charge < -0.3 is 29.5 Å². The standard InChI is InChI=1S/C19H17N7O4S/c1-10(27)21-2-4-26-17-15(16(20)23-8-24-17)25-19(26)31-14-7-13-12(29-9-30-13)6-11(14)18-22-3-5-28-18/h3,5-8H,2,4,9H2,1H3,(H,21,27)(H2,20,23,24). The SMILES string of the molecule is CC(=O)NCCn1c(Sc2cc3c(cc2-c2ncco2)OCO3)nc2c(N)ncnc21. The van der Waals surface area contributed by atoms with E-state index in [1.54, 1.807) is 6.20 Å². The van der Waals surface area contributed by atoms with Crippen LogP contribution in [0.5, 0.6) is 11.5 Å². The van der Waals surface area contributed by atoms with E-state index in [9.17, 15) is 4.79 Å². The summed E-state index contributed by atoms with van der Waals surface area (Å²) in [5.41, 5.74) is 7.83. The lowest BCUT2D eigenvalue weighted by atomic mass is 10.2. The third-order valence-electron chi connectivity index (χ3n) is 4.57. The number of aromatic nitrogens is 5. The van der Waals surface area contributed by atoms with E-state index in [4.69, 9.17) is 19.6 Å². The van der Waals surface area contributed by atoms with E-state index in [2.05, 4.69) is 25.3 Å². The summed E-state index contributed by atoms with van der Waals surface area (Å²) in [5.74, 6) is 1.85. The van der Waals surface area contributed by atoms with E-state index in [0.717, 1.165) is 10.5 Å². The molecule has 31 heavy (non-hydrogen) atoms. The van der Waals surface area contributed by atoms with Gasteiger partial charge in [-0.2, -0.15) is 0 Å². The molecule has 1 aromatic carbocycles. The van der Waals surface area contributed by atoms with Crippen LogP contribution in [0.1, 0.15) is 6.92 Å². The van der Waals surface area contributed by atoms with Gasteiger partial charge in [-0.05, 0) is 12.1 Å². The first-order valence-electron chi connectivity index (χ1n) is 9.32. The molecule has 0 bridgehead atoms. The zero-order chi connectivity index (χ0) is 21.4. The quantitative estimate of drug-likeness (QED) is 0.458. The Balaban J connectivity index is 1.59. The van der Waals surface area contributed by atoms with Crippen LogP contribution in [0.15, 0.2) is 45.4 Å². The monoisotopic (exact) mass is 439 g/mol. The Bertz CT molecular complexity index is 1270. The second-order valence-corrected chi connectivity index (χ2v) is 7.61. The second-order valence-electron chi connectivity index (χ2n) is 6.60. The van der Waals surface area contributed by atoms with Crippen LogP contribution in [0.3, 0.4) is 0 Å². The number of nitrogens with one attached hydrogen (secondary N) is 1. The highest BCUT2D eigenvalue weighted by Crippen LogP contribution is 2.44. The van der Waals surface area contributed by atoms with Crippen molar-refractivity contribution < 1.29 is 18.7 Å². The van der Waals surface area contributed by atoms with Gasteiger partial charge in [-0.1, -0.05) is 11.8 Å². The van der Waals surface area contributed by atoms with Gasteiger partial charge in [-0.15, -0.1) is 0 Å². The zero-order valence-electron chi connectivity index (χ0n) is 16.4. The fraction of sp³-hybridized carbons (Fsp3) is 0.211. The number of imidazole rings is 1. The molecule has 0 fully saturated rings. The Morgan fingerprint density at radius 3 is 2.87 bits per heavy atom. The smallest absolute Gasteiger partial charge is 0.231 e. The molecule has 1 aliphatic heterocycles. The Morgan fingerprint density at radius 1 is 1.26 bits per heavy atom. The number of rotatable bonds is 6. The molecule has 0 saturated carbocycles. The molecule has 11 nitrogen and oxygen atoms in total. The topological polar surface area (TPSA) is 143 Å². The van der Waals surface area contributed by atoms with Crippen LogP contribution in [0.25, 0.3) is 22.6 Å². The predicted molar refractivity (Wildman–Crippen MR) is 111 cm³/mol. The first kappa shape index (κ1) is 19.2. The molecule has 4 aromatic rings. The van der Waals surface area contributed by atoms with E-state index < -0.39 is 0 Å². The molecule has 0 saturated heterocycles. The third kappa shape index (κ3) is 3.61. The Hall–Kier alpha value is -3.80. The Morgan fingerprint density at radius 2 is 2.10 bits per heavy atom. The molecule has 4 heterocycles. The lowest BCUT2D eigenvalue weighted by Crippen LogP contribution is -2.24. The molecule has 5 rings (SSSR count). The number of anilines is 1. The third-order valence-corrected chi connectivity index (χ3v) is 5.63. The minimum absolute atomic E-state index is 0.116. The van der Waals surface area contributed by atoms with Gasteiger partial charge in [0.1, 0.15) is 12.6 Å². The van der Waals surface area contributed by atoms with Crippen LogP contribution in [0.2, 0.25) is 0 Å². The lowest BCUT2D eigenvalue weighted by Gasteiger charge is -2.11. The molecule has 0 radical (unpaired) electrons. The van der Waals surface area contributed by atoms with Crippen molar-refractivity contribution in [1.82, 2.24) is 29.8 Å². The minimum Gasteiger partial charge on any atom is -0.454 e. The molecular formula is C19H17N7O4S. The van der Waals surface area contributed by atoms with Crippen molar-refractivity contribution in [3.63, 3.8) is 0 Å². The number of amides is 1. The average molecular weight is 439 g/mol. The van der Waals surface area contributed by atoms with E-state index in [-0.39, 0.29) is 18.5 Å². The Labute approximate surface area is 180 Å². The van der Waals surface area contributed by atoms with Gasteiger partial charge in [0.15, 0.2) is 33.6 Å². The van der Waals surface area contributed by atoms with E-state index >= 15 is 0 Å². The van der Waals surface area contributed by atoms with Crippen LogP contribution in [-0.2, 0) is 11.3 Å². The van der Waals surface area contributed by atoms with Crippen LogP contribution in [0, 0.1) is 0 Å². The average Bonchev–Trinajstić information content (AvgIpc) is 3.48. The highest BCUT2D eigenvalue weighted by atomic mass is 32.2. The van der Waals surface area contributed by atoms with Crippen molar-refractivity contribution in [2.75, 3.05) is 19.1 Å². The number of benzene rings is 1. The highest BCUT2D eigenvalue weighted by molar-refractivity contribution is 7.99. The molecule has 158 valence electrons. The summed E-state index contributed by atoms with van der Waals surface area (Å²) in [6.07, 6.45) is 4.47. The number of nitrogens with two attached hydrogens (primary N) is 1. The van der Waals surface area contributed by atoms with Crippen molar-refractivity contribution in [3.05, 3.63) is 30.9 Å². The van der Waals surface area contributed by atoms with E-state index in [1.165, 1.54) is 31.3 Å². The number of hydrogen-bond donors (Lipinski definition) is 2. The number of oxazole rings is 1. The summed E-state index contributed by atoms with van der Waals surface area (Å²) in [6, 6.07) is 3.69. The molecular weight excluding hydrogens is 422 g/mol. The maximum absolute atomic E-state index is 11.3. The fourth-order valence-corrected chi connectivity index (χ4v) is 4.23. The molecule has 1 aliphatic rings. The van der Waals surface area contributed by atoms with Gasteiger partial charge in [0.2, 0.25) is 18.6 Å². The van der Waals surface area contributed by atoms with Gasteiger partial charge in [0.05, 0.1) is 11.8 Å². The molecule has 12 heteroatoms. The minimum atomic E-state index is -0.116. The molecule has 0 aliphatic carbocycles. The summed E-state index contributed by atoms with van der Waals surface area (Å²) in [4.78, 5) is 29.4. The largest absolute Gasteiger partial charge is 0.454 e. The van der Waals surface area contributed by atoms with Gasteiger partial charge in [0.25, 0.3) is 0 Å². The lowest BCUT2D eigenvalue weighted by molar-refractivity contribution is -0.118. The van der Waals surface area contributed by atoms with Crippen molar-refractivity contribution in [2.24, 2.45) is 0 Å². The number of fused-ring (bicyclic) bond motifs is 2. The maximum Gasteiger partial charge on any atom is 0.231 e. The molecule has 0 spiro atoms. The predicted octanol–water partition coefficient (Wildman–Crippen LogP) is 2.08. The summed E-state index contributed by atoms with van der Waals surface area (Å²) in [5, 5.41) is 3.41. The second kappa shape index (κ2) is 7.80. The number of nitrogen functional groups attached to an aromatic ring is 1. The molecule has 0 unspecified atom stereocenters. The van der Waals surface area contributed by atoms with Gasteiger partial charge in [0, 0.05) is 24.9 Å².